The van der Waals surface area contributed by atoms with Crippen molar-refractivity contribution in [3.05, 3.63) is 81.5 Å². The lowest BCUT2D eigenvalue weighted by molar-refractivity contribution is -0.137. The Bertz CT molecular complexity index is 1340. The zero-order valence-corrected chi connectivity index (χ0v) is 19.0. The molecule has 0 atom stereocenters. The van der Waals surface area contributed by atoms with Crippen molar-refractivity contribution in [2.45, 2.75) is 25.5 Å². The third-order valence-corrected chi connectivity index (χ3v) is 5.74. The number of aryl methyl sites for hydroxylation is 2. The Morgan fingerprint density at radius 1 is 1.12 bits per heavy atom. The average Bonchev–Trinajstić information content (AvgIpc) is 2.98. The van der Waals surface area contributed by atoms with E-state index in [1.165, 1.54) is 20.0 Å². The molecule has 0 saturated carbocycles. The first-order chi connectivity index (χ1) is 15.7. The van der Waals surface area contributed by atoms with Gasteiger partial charge in [0, 0.05) is 18.9 Å². The number of sulfone groups is 1. The van der Waals surface area contributed by atoms with Gasteiger partial charge in [-0.05, 0) is 36.8 Å². The summed E-state index contributed by atoms with van der Waals surface area (Å²) in [6.07, 6.45) is -3.93. The minimum atomic E-state index is -4.75. The fourth-order valence-electron chi connectivity index (χ4n) is 3.40. The van der Waals surface area contributed by atoms with Crippen molar-refractivity contribution >= 4 is 15.6 Å². The van der Waals surface area contributed by atoms with Crippen LogP contribution >= 0.6 is 0 Å². The second kappa shape index (κ2) is 9.16. The summed E-state index contributed by atoms with van der Waals surface area (Å²) in [7, 11) is -2.40. The number of halogens is 5. The quantitative estimate of drug-likeness (QED) is 0.354. The lowest BCUT2D eigenvalue weighted by Crippen LogP contribution is -2.14. The van der Waals surface area contributed by atoms with Gasteiger partial charge in [0.2, 0.25) is 11.7 Å². The highest BCUT2D eigenvalue weighted by Gasteiger charge is 2.33. The molecule has 0 fully saturated rings. The number of benzene rings is 2. The summed E-state index contributed by atoms with van der Waals surface area (Å²) in [5, 5.41) is 4.06. The van der Waals surface area contributed by atoms with Gasteiger partial charge in [-0.2, -0.15) is 18.3 Å². The highest BCUT2D eigenvalue weighted by Crippen LogP contribution is 2.33. The van der Waals surface area contributed by atoms with Crippen LogP contribution in [0, 0.1) is 18.6 Å². The third kappa shape index (κ3) is 5.44. The monoisotopic (exact) mass is 502 g/mol. The number of hydrogen-bond donors (Lipinski definition) is 0. The lowest BCUT2D eigenvalue weighted by atomic mass is 9.97. The molecule has 0 amide bonds. The van der Waals surface area contributed by atoms with Crippen LogP contribution in [0.3, 0.4) is 0 Å². The van der Waals surface area contributed by atoms with Crippen molar-refractivity contribution in [1.82, 2.24) is 9.78 Å². The fraction of sp³-hybridized carbons (Fsp3) is 0.273. The summed E-state index contributed by atoms with van der Waals surface area (Å²) < 4.78 is 97.8. The van der Waals surface area contributed by atoms with Crippen molar-refractivity contribution in [2.24, 2.45) is 7.05 Å². The average molecular weight is 502 g/mol. The van der Waals surface area contributed by atoms with Crippen LogP contribution < -0.4 is 4.74 Å². The van der Waals surface area contributed by atoms with Crippen LogP contribution in [-0.2, 0) is 35.4 Å². The maximum Gasteiger partial charge on any atom is 0.416 e. The molecular weight excluding hydrogens is 483 g/mol. The molecule has 1 heterocycles. The van der Waals surface area contributed by atoms with Gasteiger partial charge < -0.3 is 4.74 Å². The number of carbonyl (C=O) groups excluding carboxylic acids is 1. The normalized spacial score (nSPS) is 12.1. The van der Waals surface area contributed by atoms with E-state index in [1.807, 2.05) is 0 Å². The molecule has 1 aromatic heterocycles. The van der Waals surface area contributed by atoms with Gasteiger partial charge in [-0.25, -0.2) is 21.9 Å². The minimum absolute atomic E-state index is 0.127. The third-order valence-electron chi connectivity index (χ3n) is 4.91. The molecule has 182 valence electrons. The summed E-state index contributed by atoms with van der Waals surface area (Å²) in [4.78, 5) is 13.4. The molecule has 6 nitrogen and oxygen atoms in total. The van der Waals surface area contributed by atoms with Crippen LogP contribution in [0.25, 0.3) is 0 Å². The highest BCUT2D eigenvalue weighted by molar-refractivity contribution is 7.89. The summed E-state index contributed by atoms with van der Waals surface area (Å²) in [6.45, 7) is 0.838. The van der Waals surface area contributed by atoms with Gasteiger partial charge in [0.05, 0.1) is 22.6 Å². The van der Waals surface area contributed by atoms with Crippen LogP contribution in [0.15, 0.2) is 36.4 Å². The van der Waals surface area contributed by atoms with Gasteiger partial charge in [-0.1, -0.05) is 12.1 Å². The predicted octanol–water partition coefficient (Wildman–Crippen LogP) is 4.38. The predicted molar refractivity (Wildman–Crippen MR) is 112 cm³/mol. The molecule has 0 spiro atoms. The van der Waals surface area contributed by atoms with E-state index in [2.05, 4.69) is 5.10 Å². The molecule has 0 aliphatic rings. The van der Waals surface area contributed by atoms with E-state index in [4.69, 9.17) is 4.74 Å². The molecule has 2 aromatic carbocycles. The first kappa shape index (κ1) is 25.3. The molecule has 3 aromatic rings. The molecule has 12 heteroatoms. The first-order valence-electron chi connectivity index (χ1n) is 9.71. The molecule has 34 heavy (non-hydrogen) atoms. The Hall–Kier alpha value is -3.28. The SMILES string of the molecule is Cc1nn(C)c(OCc2c(F)cccc2F)c1C(=O)c1ccc(C(F)(F)F)cc1CS(C)(=O)=O. The fourth-order valence-corrected chi connectivity index (χ4v) is 4.21. The lowest BCUT2D eigenvalue weighted by Gasteiger charge is -2.14. The van der Waals surface area contributed by atoms with Crippen molar-refractivity contribution in [2.75, 3.05) is 6.26 Å². The molecule has 0 aliphatic heterocycles. The standard InChI is InChI=1S/C22H19F5N2O4S/c1-12-19(21(29(2)28-12)33-10-16-17(23)5-4-6-18(16)24)20(30)15-8-7-14(22(25,26)27)9-13(15)11-34(3,31)32/h4-9H,10-11H2,1-3H3. The number of hydrogen-bond acceptors (Lipinski definition) is 5. The topological polar surface area (TPSA) is 78.3 Å². The molecule has 0 bridgehead atoms. The molecule has 0 radical (unpaired) electrons. The van der Waals surface area contributed by atoms with E-state index in [0.717, 1.165) is 29.1 Å². The van der Waals surface area contributed by atoms with Crippen LogP contribution in [0.1, 0.15) is 38.3 Å². The second-order valence-electron chi connectivity index (χ2n) is 7.65. The van der Waals surface area contributed by atoms with Gasteiger partial charge in [-0.15, -0.1) is 0 Å². The maximum absolute atomic E-state index is 14.0. The second-order valence-corrected chi connectivity index (χ2v) is 9.79. The van der Waals surface area contributed by atoms with Crippen LogP contribution in [0.4, 0.5) is 22.0 Å². The molecular formula is C22H19F5N2O4S. The van der Waals surface area contributed by atoms with E-state index in [9.17, 15) is 35.2 Å². The minimum Gasteiger partial charge on any atom is -0.472 e. The maximum atomic E-state index is 14.0. The van der Waals surface area contributed by atoms with Crippen molar-refractivity contribution in [3.63, 3.8) is 0 Å². The zero-order valence-electron chi connectivity index (χ0n) is 18.2. The van der Waals surface area contributed by atoms with Crippen LogP contribution in [0.5, 0.6) is 5.88 Å². The molecule has 3 rings (SSSR count). The van der Waals surface area contributed by atoms with Crippen molar-refractivity contribution < 1.29 is 39.9 Å². The van der Waals surface area contributed by atoms with E-state index < -0.39 is 56.9 Å². The summed E-state index contributed by atoms with van der Waals surface area (Å²) in [5.41, 5.74) is -2.20. The van der Waals surface area contributed by atoms with Gasteiger partial charge in [-0.3, -0.25) is 4.79 Å². The Labute approximate surface area is 191 Å². The van der Waals surface area contributed by atoms with Crippen LogP contribution in [0.2, 0.25) is 0 Å². The van der Waals surface area contributed by atoms with E-state index in [-0.39, 0.29) is 28.3 Å². The Morgan fingerprint density at radius 2 is 1.74 bits per heavy atom. The highest BCUT2D eigenvalue weighted by atomic mass is 32.2. The number of alkyl halides is 3. The zero-order chi connectivity index (χ0) is 25.4. The van der Waals surface area contributed by atoms with Crippen molar-refractivity contribution in [3.8, 4) is 5.88 Å². The van der Waals surface area contributed by atoms with E-state index in [0.29, 0.717) is 12.1 Å². The summed E-state index contributed by atoms with van der Waals surface area (Å²) in [5.74, 6) is -3.58. The first-order valence-corrected chi connectivity index (χ1v) is 11.8. The van der Waals surface area contributed by atoms with E-state index in [1.54, 1.807) is 0 Å². The van der Waals surface area contributed by atoms with Gasteiger partial charge in [0.25, 0.3) is 0 Å². The number of carbonyl (C=O) groups is 1. The summed E-state index contributed by atoms with van der Waals surface area (Å²) >= 11 is 0. The van der Waals surface area contributed by atoms with E-state index >= 15 is 0 Å². The van der Waals surface area contributed by atoms with Crippen molar-refractivity contribution in [1.29, 1.82) is 0 Å². The molecule has 0 aliphatic carbocycles. The number of aromatic nitrogens is 2. The number of ketones is 1. The number of ether oxygens (including phenoxy) is 1. The molecule has 0 N–H and O–H groups in total. The number of nitrogens with zero attached hydrogens (tertiary/aromatic N) is 2. The smallest absolute Gasteiger partial charge is 0.416 e. The summed E-state index contributed by atoms with van der Waals surface area (Å²) in [6, 6.07) is 5.39. The van der Waals surface area contributed by atoms with Gasteiger partial charge >= 0.3 is 6.18 Å². The molecule has 0 unspecified atom stereocenters. The Kier molecular flexibility index (Phi) is 6.83. The largest absolute Gasteiger partial charge is 0.472 e. The number of rotatable bonds is 7. The Balaban J connectivity index is 2.07. The Morgan fingerprint density at radius 3 is 2.29 bits per heavy atom. The van der Waals surface area contributed by atoms with Gasteiger partial charge in [0.15, 0.2) is 9.84 Å². The van der Waals surface area contributed by atoms with Gasteiger partial charge in [0.1, 0.15) is 23.8 Å². The van der Waals surface area contributed by atoms with Crippen LogP contribution in [-0.4, -0.2) is 30.2 Å². The molecule has 0 saturated heterocycles.